The molecular formula is C8H19AlBCl3. The van der Waals surface area contributed by atoms with Crippen molar-refractivity contribution >= 4 is 54.6 Å². The molecule has 0 aromatic rings. The molecule has 0 rings (SSSR count). The van der Waals surface area contributed by atoms with Crippen LogP contribution in [-0.2, 0) is 0 Å². The van der Waals surface area contributed by atoms with Crippen molar-refractivity contribution in [3.05, 3.63) is 0 Å². The third-order valence-electron chi connectivity index (χ3n) is 1.28. The van der Waals surface area contributed by atoms with Crippen LogP contribution < -0.4 is 0 Å². The molecule has 0 N–H and O–H groups in total. The average Bonchev–Trinajstić information content (AvgIpc) is 1.83. The number of hydrogen-bond donors (Lipinski definition) is 0. The molecule has 0 saturated carbocycles. The van der Waals surface area contributed by atoms with Gasteiger partial charge in [0.2, 0.25) is 0 Å². The van der Waals surface area contributed by atoms with Gasteiger partial charge in [0, 0.05) is 0 Å². The van der Waals surface area contributed by atoms with Gasteiger partial charge in [0.1, 0.15) is 0 Å². The van der Waals surface area contributed by atoms with Crippen molar-refractivity contribution in [2.45, 2.75) is 38.3 Å². The molecule has 0 atom stereocenters. The Morgan fingerprint density at radius 1 is 1.00 bits per heavy atom. The molecule has 0 bridgehead atoms. The Morgan fingerprint density at radius 3 is 1.38 bits per heavy atom. The van der Waals surface area contributed by atoms with Crippen LogP contribution in [0.4, 0.5) is 0 Å². The molecule has 13 heavy (non-hydrogen) atoms. The van der Waals surface area contributed by atoms with E-state index in [9.17, 15) is 0 Å². The van der Waals surface area contributed by atoms with Crippen LogP contribution >= 0.6 is 34.4 Å². The van der Waals surface area contributed by atoms with E-state index in [1.165, 1.54) is 10.6 Å². The van der Waals surface area contributed by atoms with E-state index in [1.807, 2.05) is 0 Å². The summed E-state index contributed by atoms with van der Waals surface area (Å²) < 4.78 is 0. The zero-order valence-corrected chi connectivity index (χ0v) is 12.3. The van der Waals surface area contributed by atoms with Crippen molar-refractivity contribution in [3.8, 4) is 0 Å². The first-order valence-electron chi connectivity index (χ1n) is 4.60. The summed E-state index contributed by atoms with van der Waals surface area (Å²) >= 11 is 15.2. The van der Waals surface area contributed by atoms with Gasteiger partial charge in [-0.05, 0) is 0 Å². The van der Waals surface area contributed by atoms with Gasteiger partial charge in [0.15, 0.2) is 0 Å². The van der Waals surface area contributed by atoms with E-state index in [0.717, 1.165) is 27.1 Å². The zero-order chi connectivity index (χ0) is 10.9. The Hall–Kier alpha value is 1.47. The first-order chi connectivity index (χ1) is 5.86. The van der Waals surface area contributed by atoms with Gasteiger partial charge in [-0.25, -0.2) is 0 Å². The summed E-state index contributed by atoms with van der Waals surface area (Å²) in [5.41, 5.74) is 0. The maximum absolute atomic E-state index is 4.81. The van der Waals surface area contributed by atoms with E-state index in [4.69, 9.17) is 34.4 Å². The Kier molecular flexibility index (Phi) is 15.0. The van der Waals surface area contributed by atoms with E-state index in [0.29, 0.717) is 0 Å². The Balaban J connectivity index is -0.000000209. The minimum absolute atomic E-state index is 0. The fourth-order valence-corrected chi connectivity index (χ4v) is 2.29. The summed E-state index contributed by atoms with van der Waals surface area (Å²) in [5.74, 6) is 1.86. The maximum Gasteiger partial charge on any atom is 0.450 e. The summed E-state index contributed by atoms with van der Waals surface area (Å²) in [6.45, 7) is 9.25. The average molecular weight is 259 g/mol. The molecule has 0 nitrogen and oxygen atoms in total. The SMILES string of the molecule is CC(C)[CH2][Al+][CH2]C(C)C.ClB(Cl)Cl.[H-]. The second kappa shape index (κ2) is 11.5. The van der Waals surface area contributed by atoms with Gasteiger partial charge in [0.25, 0.3) is 0 Å². The Labute approximate surface area is 106 Å². The van der Waals surface area contributed by atoms with Crippen LogP contribution in [0.15, 0.2) is 0 Å². The first-order valence-corrected chi connectivity index (χ1v) is 7.54. The predicted octanol–water partition coefficient (Wildman–Crippen LogP) is 4.64. The minimum Gasteiger partial charge on any atom is -1.00 e. The fraction of sp³-hybridized carbons (Fsp3) is 1.00. The normalized spacial score (nSPS) is 9.31. The van der Waals surface area contributed by atoms with Gasteiger partial charge < -0.3 is 1.43 Å². The van der Waals surface area contributed by atoms with E-state index >= 15 is 0 Å². The molecule has 78 valence electrons. The number of hydrogen-bond acceptors (Lipinski definition) is 0. The largest absolute Gasteiger partial charge is 1.00 e. The van der Waals surface area contributed by atoms with Crippen LogP contribution in [0.5, 0.6) is 0 Å². The summed E-state index contributed by atoms with van der Waals surface area (Å²) in [4.78, 5) is -0.750. The zero-order valence-electron chi connectivity index (χ0n) is 9.86. The number of rotatable bonds is 4. The molecule has 0 saturated heterocycles. The quantitative estimate of drug-likeness (QED) is 0.645. The topological polar surface area (TPSA) is 0 Å². The summed E-state index contributed by atoms with van der Waals surface area (Å²) in [7, 11) is 0. The Bertz CT molecular complexity index is 93.8. The van der Waals surface area contributed by atoms with Gasteiger partial charge in [-0.2, -0.15) is 34.4 Å². The van der Waals surface area contributed by atoms with E-state index in [1.54, 1.807) is 0 Å². The molecule has 0 radical (unpaired) electrons. The number of halogens is 3. The van der Waals surface area contributed by atoms with Crippen LogP contribution in [0.2, 0.25) is 10.6 Å². The van der Waals surface area contributed by atoms with Crippen molar-refractivity contribution < 1.29 is 1.43 Å². The predicted molar refractivity (Wildman–Crippen MR) is 69.5 cm³/mol. The molecule has 0 aromatic heterocycles. The smallest absolute Gasteiger partial charge is 0.450 e. The van der Waals surface area contributed by atoms with Crippen LogP contribution in [0, 0.1) is 11.8 Å². The van der Waals surface area contributed by atoms with Crippen LogP contribution in [0.1, 0.15) is 29.1 Å². The van der Waals surface area contributed by atoms with Crippen molar-refractivity contribution in [3.63, 3.8) is 0 Å². The van der Waals surface area contributed by atoms with Gasteiger partial charge in [0.05, 0.1) is 0 Å². The van der Waals surface area contributed by atoms with E-state index < -0.39 is 4.96 Å². The van der Waals surface area contributed by atoms with E-state index in [-0.39, 0.29) is 1.43 Å². The van der Waals surface area contributed by atoms with Gasteiger partial charge >= 0.3 is 70.3 Å². The van der Waals surface area contributed by atoms with Gasteiger partial charge in [-0.1, -0.05) is 0 Å². The van der Waals surface area contributed by atoms with Crippen molar-refractivity contribution in [2.75, 3.05) is 0 Å². The van der Waals surface area contributed by atoms with Crippen molar-refractivity contribution in [1.82, 2.24) is 0 Å². The maximum atomic E-state index is 4.81. The molecule has 5 heteroatoms. The third-order valence-corrected chi connectivity index (χ3v) is 3.83. The molecule has 0 aliphatic heterocycles. The second-order valence-electron chi connectivity index (χ2n) is 3.80. The second-order valence-corrected chi connectivity index (χ2v) is 7.29. The van der Waals surface area contributed by atoms with Crippen LogP contribution in [-0.4, -0.2) is 20.2 Å². The molecule has 0 heterocycles. The van der Waals surface area contributed by atoms with Crippen LogP contribution in [0.3, 0.4) is 0 Å². The van der Waals surface area contributed by atoms with E-state index in [2.05, 4.69) is 27.7 Å². The molecule has 0 aliphatic carbocycles. The molecular weight excluding hydrogens is 240 g/mol. The Morgan fingerprint density at radius 2 is 1.23 bits per heavy atom. The van der Waals surface area contributed by atoms with Crippen molar-refractivity contribution in [1.29, 1.82) is 0 Å². The summed E-state index contributed by atoms with van der Waals surface area (Å²) in [6, 6.07) is 0. The molecule has 0 spiro atoms. The third kappa shape index (κ3) is 31.8. The monoisotopic (exact) mass is 258 g/mol. The first kappa shape index (κ1) is 16.9. The van der Waals surface area contributed by atoms with Crippen molar-refractivity contribution in [2.24, 2.45) is 11.8 Å². The van der Waals surface area contributed by atoms with Gasteiger partial charge in [-0.3, -0.25) is 0 Å². The minimum atomic E-state index is -0.750. The molecule has 0 unspecified atom stereocenters. The fourth-order valence-electron chi connectivity index (χ4n) is 0.763. The molecule has 0 amide bonds. The summed E-state index contributed by atoms with van der Waals surface area (Å²) in [5, 5.41) is 2.97. The summed E-state index contributed by atoms with van der Waals surface area (Å²) in [6.07, 6.45) is 0. The molecule has 0 aliphatic rings. The standard InChI is InChI=1S/2C4H9.Al.BCl3.H/c2*1-4(2)3;;2-1(3)4;/h2*4H,1H2,2-3H3;;;/q;;+1;;-1. The van der Waals surface area contributed by atoms with Gasteiger partial charge in [-0.15, -0.1) is 0 Å². The molecule has 0 aromatic carbocycles. The van der Waals surface area contributed by atoms with Crippen LogP contribution in [0.25, 0.3) is 0 Å². The molecule has 0 fully saturated rings.